The van der Waals surface area contributed by atoms with Crippen LogP contribution in [0.3, 0.4) is 0 Å². The van der Waals surface area contributed by atoms with Gasteiger partial charge in [-0.25, -0.2) is 0 Å². The third-order valence-electron chi connectivity index (χ3n) is 2.54. The van der Waals surface area contributed by atoms with Crippen molar-refractivity contribution in [2.45, 2.75) is 32.6 Å². The van der Waals surface area contributed by atoms with Crippen LogP contribution in [0.2, 0.25) is 0 Å². The average Bonchev–Trinajstić information content (AvgIpc) is 2.71. The summed E-state index contributed by atoms with van der Waals surface area (Å²) >= 11 is 1.64. The molecule has 0 spiro atoms. The molecule has 0 unspecified atom stereocenters. The Balaban J connectivity index is 1.78. The Morgan fingerprint density at radius 3 is 2.77 bits per heavy atom. The molecule has 2 rings (SSSR count). The molecule has 1 saturated carbocycles. The first kappa shape index (κ1) is 8.94. The van der Waals surface area contributed by atoms with Gasteiger partial charge in [0.15, 0.2) is 0 Å². The number of hydrogen-bond acceptors (Lipinski definition) is 4. The van der Waals surface area contributed by atoms with Gasteiger partial charge in [0.05, 0.1) is 0 Å². The van der Waals surface area contributed by atoms with E-state index in [4.69, 9.17) is 0 Å². The monoisotopic (exact) mass is 197 g/mol. The lowest BCUT2D eigenvalue weighted by molar-refractivity contribution is 0.579. The number of aromatic nitrogens is 2. The van der Waals surface area contributed by atoms with Gasteiger partial charge in [0, 0.05) is 6.54 Å². The topological polar surface area (TPSA) is 37.8 Å². The predicted octanol–water partition coefficient (Wildman–Crippen LogP) is 2.45. The minimum absolute atomic E-state index is 0.865. The van der Waals surface area contributed by atoms with Crippen LogP contribution in [0, 0.1) is 12.8 Å². The van der Waals surface area contributed by atoms with Crippen LogP contribution in [0.5, 0.6) is 0 Å². The van der Waals surface area contributed by atoms with E-state index in [-0.39, 0.29) is 0 Å². The summed E-state index contributed by atoms with van der Waals surface area (Å²) in [5.74, 6) is 0.865. The number of rotatable bonds is 3. The van der Waals surface area contributed by atoms with Crippen LogP contribution in [0.25, 0.3) is 0 Å². The molecule has 0 bridgehead atoms. The van der Waals surface area contributed by atoms with Gasteiger partial charge in [-0.1, -0.05) is 24.2 Å². The molecule has 3 nitrogen and oxygen atoms in total. The molecule has 0 aromatic carbocycles. The highest BCUT2D eigenvalue weighted by atomic mass is 32.1. The van der Waals surface area contributed by atoms with E-state index >= 15 is 0 Å². The van der Waals surface area contributed by atoms with Gasteiger partial charge < -0.3 is 5.32 Å². The van der Waals surface area contributed by atoms with Gasteiger partial charge in [-0.2, -0.15) is 0 Å². The van der Waals surface area contributed by atoms with Gasteiger partial charge in [-0.3, -0.25) is 0 Å². The lowest BCUT2D eigenvalue weighted by Crippen LogP contribution is -2.10. The number of aryl methyl sites for hydroxylation is 1. The molecule has 0 amide bonds. The Labute approximate surface area is 82.6 Å². The van der Waals surface area contributed by atoms with E-state index in [2.05, 4.69) is 15.5 Å². The zero-order chi connectivity index (χ0) is 9.10. The lowest BCUT2D eigenvalue weighted by atomic mass is 10.1. The Bertz CT molecular complexity index is 266. The zero-order valence-electron chi connectivity index (χ0n) is 7.92. The highest BCUT2D eigenvalue weighted by Gasteiger charge is 2.14. The van der Waals surface area contributed by atoms with Crippen molar-refractivity contribution < 1.29 is 0 Å². The Hall–Kier alpha value is -0.640. The maximum Gasteiger partial charge on any atom is 0.205 e. The second-order valence-corrected chi connectivity index (χ2v) is 4.84. The molecule has 1 fully saturated rings. The van der Waals surface area contributed by atoms with Crippen LogP contribution in [0.4, 0.5) is 5.13 Å². The van der Waals surface area contributed by atoms with Gasteiger partial charge in [-0.05, 0) is 25.7 Å². The van der Waals surface area contributed by atoms with Crippen molar-refractivity contribution in [3.05, 3.63) is 5.01 Å². The van der Waals surface area contributed by atoms with Crippen LogP contribution in [-0.4, -0.2) is 16.7 Å². The molecule has 1 aromatic rings. The molecule has 0 radical (unpaired) electrons. The molecule has 1 aromatic heterocycles. The molecule has 1 N–H and O–H groups in total. The molecule has 13 heavy (non-hydrogen) atoms. The standard InChI is InChI=1S/C9H15N3S/c1-7-11-12-9(13-7)10-6-8-4-2-3-5-8/h8H,2-6H2,1H3,(H,10,12). The van der Waals surface area contributed by atoms with Gasteiger partial charge in [0.2, 0.25) is 5.13 Å². The molecule has 1 aliphatic rings. The van der Waals surface area contributed by atoms with Crippen molar-refractivity contribution >= 4 is 16.5 Å². The number of hydrogen-bond donors (Lipinski definition) is 1. The van der Waals surface area contributed by atoms with Crippen molar-refractivity contribution in [3.8, 4) is 0 Å². The van der Waals surface area contributed by atoms with E-state index in [1.54, 1.807) is 11.3 Å². The summed E-state index contributed by atoms with van der Waals surface area (Å²) in [5, 5.41) is 13.4. The van der Waals surface area contributed by atoms with Gasteiger partial charge >= 0.3 is 0 Å². The number of anilines is 1. The maximum atomic E-state index is 4.03. The van der Waals surface area contributed by atoms with Crippen molar-refractivity contribution in [2.75, 3.05) is 11.9 Å². The molecule has 0 saturated heterocycles. The van der Waals surface area contributed by atoms with E-state index in [0.717, 1.165) is 22.6 Å². The molecule has 4 heteroatoms. The summed E-state index contributed by atoms with van der Waals surface area (Å²) in [7, 11) is 0. The first-order chi connectivity index (χ1) is 6.34. The quantitative estimate of drug-likeness (QED) is 0.808. The normalized spacial score (nSPS) is 17.9. The van der Waals surface area contributed by atoms with E-state index < -0.39 is 0 Å². The van der Waals surface area contributed by atoms with E-state index in [1.807, 2.05) is 6.92 Å². The summed E-state index contributed by atoms with van der Waals surface area (Å²) in [6.45, 7) is 3.06. The van der Waals surface area contributed by atoms with Crippen LogP contribution in [0.1, 0.15) is 30.7 Å². The second kappa shape index (κ2) is 4.05. The number of nitrogens with one attached hydrogen (secondary N) is 1. The summed E-state index contributed by atoms with van der Waals surface area (Å²) in [6, 6.07) is 0. The smallest absolute Gasteiger partial charge is 0.205 e. The first-order valence-corrected chi connectivity index (χ1v) is 5.70. The summed E-state index contributed by atoms with van der Waals surface area (Å²) in [5.41, 5.74) is 0. The van der Waals surface area contributed by atoms with Gasteiger partial charge in [-0.15, -0.1) is 10.2 Å². The maximum absolute atomic E-state index is 4.03. The minimum atomic E-state index is 0.865. The Kier molecular flexibility index (Phi) is 2.78. The minimum Gasteiger partial charge on any atom is -0.360 e. The summed E-state index contributed by atoms with van der Waals surface area (Å²) < 4.78 is 0. The number of nitrogens with zero attached hydrogens (tertiary/aromatic N) is 2. The second-order valence-electron chi connectivity index (χ2n) is 3.66. The average molecular weight is 197 g/mol. The molecule has 0 atom stereocenters. The fraction of sp³-hybridized carbons (Fsp3) is 0.778. The summed E-state index contributed by atoms with van der Waals surface area (Å²) in [6.07, 6.45) is 5.57. The third kappa shape index (κ3) is 2.40. The van der Waals surface area contributed by atoms with Crippen molar-refractivity contribution in [2.24, 2.45) is 5.92 Å². The molecular formula is C9H15N3S. The van der Waals surface area contributed by atoms with Crippen molar-refractivity contribution in [1.29, 1.82) is 0 Å². The molecule has 1 heterocycles. The Morgan fingerprint density at radius 2 is 2.15 bits per heavy atom. The third-order valence-corrected chi connectivity index (χ3v) is 3.34. The fourth-order valence-corrected chi connectivity index (χ4v) is 2.41. The Morgan fingerprint density at radius 1 is 1.38 bits per heavy atom. The van der Waals surface area contributed by atoms with E-state index in [9.17, 15) is 0 Å². The van der Waals surface area contributed by atoms with E-state index in [0.29, 0.717) is 0 Å². The first-order valence-electron chi connectivity index (χ1n) is 4.88. The lowest BCUT2D eigenvalue weighted by Gasteiger charge is -2.07. The molecule has 1 aliphatic carbocycles. The van der Waals surface area contributed by atoms with Crippen LogP contribution in [-0.2, 0) is 0 Å². The molecular weight excluding hydrogens is 182 g/mol. The van der Waals surface area contributed by atoms with Crippen molar-refractivity contribution in [3.63, 3.8) is 0 Å². The highest BCUT2D eigenvalue weighted by molar-refractivity contribution is 7.15. The van der Waals surface area contributed by atoms with Gasteiger partial charge in [0.1, 0.15) is 5.01 Å². The fourth-order valence-electron chi connectivity index (χ4n) is 1.81. The zero-order valence-corrected chi connectivity index (χ0v) is 8.73. The predicted molar refractivity (Wildman–Crippen MR) is 55.1 cm³/mol. The van der Waals surface area contributed by atoms with Crippen LogP contribution < -0.4 is 5.32 Å². The van der Waals surface area contributed by atoms with Crippen molar-refractivity contribution in [1.82, 2.24) is 10.2 Å². The molecule has 72 valence electrons. The van der Waals surface area contributed by atoms with E-state index in [1.165, 1.54) is 25.7 Å². The largest absolute Gasteiger partial charge is 0.360 e. The van der Waals surface area contributed by atoms with Crippen LogP contribution >= 0.6 is 11.3 Å². The molecule has 0 aliphatic heterocycles. The van der Waals surface area contributed by atoms with Crippen LogP contribution in [0.15, 0.2) is 0 Å². The SMILES string of the molecule is Cc1nnc(NCC2CCCC2)s1. The van der Waals surface area contributed by atoms with Gasteiger partial charge in [0.25, 0.3) is 0 Å². The summed E-state index contributed by atoms with van der Waals surface area (Å²) in [4.78, 5) is 0. The highest BCUT2D eigenvalue weighted by Crippen LogP contribution is 2.25.